The second-order valence-corrected chi connectivity index (χ2v) is 0.489. The zero-order chi connectivity index (χ0) is 4.12. The van der Waals surface area contributed by atoms with Crippen molar-refractivity contribution in [1.82, 2.24) is 11.5 Å². The van der Waals surface area contributed by atoms with E-state index in [4.69, 9.17) is 0 Å². The first kappa shape index (κ1) is 8.95. The maximum Gasteiger partial charge on any atom is 0.211 e. The molecule has 0 aromatic rings. The summed E-state index contributed by atoms with van der Waals surface area (Å²) in [6.45, 7) is 3.21. The van der Waals surface area contributed by atoms with Crippen LogP contribution in [-0.4, -0.2) is 6.41 Å². The lowest BCUT2D eigenvalue weighted by Gasteiger charge is -1.70. The number of rotatable bonds is 2. The van der Waals surface area contributed by atoms with Crippen LogP contribution in [0, 0.1) is 0 Å². The van der Waals surface area contributed by atoms with E-state index >= 15 is 0 Å². The molecular formula is C3H8N2O. The number of carbonyl (C=O) groups is 1. The third-order valence-corrected chi connectivity index (χ3v) is 0.186. The average Bonchev–Trinajstić information content (AvgIpc) is 1.41. The van der Waals surface area contributed by atoms with E-state index in [0.717, 1.165) is 0 Å². The summed E-state index contributed by atoms with van der Waals surface area (Å²) in [7, 11) is 0. The zero-order valence-corrected chi connectivity index (χ0v) is 3.48. The Bertz CT molecular complexity index is 38.1. The lowest BCUT2D eigenvalue weighted by Crippen LogP contribution is -1.96. The summed E-state index contributed by atoms with van der Waals surface area (Å²) in [6, 6.07) is 0. The van der Waals surface area contributed by atoms with Gasteiger partial charge in [0, 0.05) is 0 Å². The van der Waals surface area contributed by atoms with Crippen molar-refractivity contribution in [2.45, 2.75) is 0 Å². The highest BCUT2D eigenvalue weighted by molar-refractivity contribution is 5.47. The van der Waals surface area contributed by atoms with Crippen LogP contribution >= 0.6 is 0 Å². The Balaban J connectivity index is 0. The van der Waals surface area contributed by atoms with E-state index in [1.807, 2.05) is 0 Å². The minimum Gasteiger partial charge on any atom is -0.344 e. The lowest BCUT2D eigenvalue weighted by molar-refractivity contribution is -0.108. The molecule has 1 amide bonds. The molecule has 0 aromatic carbocycles. The molecule has 6 heavy (non-hydrogen) atoms. The van der Waals surface area contributed by atoms with Gasteiger partial charge in [0.1, 0.15) is 0 Å². The van der Waals surface area contributed by atoms with Crippen LogP contribution in [0.1, 0.15) is 0 Å². The van der Waals surface area contributed by atoms with Crippen molar-refractivity contribution in [2.75, 3.05) is 0 Å². The van der Waals surface area contributed by atoms with Gasteiger partial charge in [-0.15, -0.1) is 0 Å². The van der Waals surface area contributed by atoms with Crippen LogP contribution in [-0.2, 0) is 4.79 Å². The normalized spacial score (nSPS) is 4.67. The smallest absolute Gasteiger partial charge is 0.211 e. The largest absolute Gasteiger partial charge is 0.344 e. The Labute approximate surface area is 36.6 Å². The van der Waals surface area contributed by atoms with E-state index in [2.05, 4.69) is 11.9 Å². The van der Waals surface area contributed by atoms with Gasteiger partial charge >= 0.3 is 0 Å². The predicted octanol–water partition coefficient (Wildman–Crippen LogP) is 0.0379. The van der Waals surface area contributed by atoms with E-state index in [1.165, 1.54) is 6.20 Å². The molecule has 0 unspecified atom stereocenters. The molecule has 36 valence electrons. The molecule has 0 spiro atoms. The van der Waals surface area contributed by atoms with Crippen molar-refractivity contribution in [3.05, 3.63) is 12.8 Å². The highest BCUT2D eigenvalue weighted by atomic mass is 16.1. The zero-order valence-electron chi connectivity index (χ0n) is 3.48. The number of hydrogen-bond acceptors (Lipinski definition) is 2. The van der Waals surface area contributed by atoms with Gasteiger partial charge in [-0.2, -0.15) is 0 Å². The molecule has 0 saturated carbocycles. The molecular weight excluding hydrogens is 80.0 g/mol. The number of nitrogens with one attached hydrogen (secondary N) is 1. The number of carbonyl (C=O) groups excluding carboxylic acids is 1. The fraction of sp³-hybridized carbons (Fsp3) is 0. The van der Waals surface area contributed by atoms with Gasteiger partial charge in [0.05, 0.1) is 0 Å². The molecule has 3 heteroatoms. The Morgan fingerprint density at radius 1 is 1.67 bits per heavy atom. The van der Waals surface area contributed by atoms with Crippen molar-refractivity contribution in [3.8, 4) is 0 Å². The van der Waals surface area contributed by atoms with Gasteiger partial charge in [-0.1, -0.05) is 6.58 Å². The fourth-order valence-electron chi connectivity index (χ4n) is 0.0481. The highest BCUT2D eigenvalue weighted by Crippen LogP contribution is 1.35. The quantitative estimate of drug-likeness (QED) is 0.468. The van der Waals surface area contributed by atoms with Crippen LogP contribution in [0.2, 0.25) is 0 Å². The van der Waals surface area contributed by atoms with Gasteiger partial charge in [-0.3, -0.25) is 4.79 Å². The summed E-state index contributed by atoms with van der Waals surface area (Å²) in [6.07, 6.45) is 1.88. The maximum absolute atomic E-state index is 9.22. The van der Waals surface area contributed by atoms with Crippen LogP contribution < -0.4 is 11.5 Å². The highest BCUT2D eigenvalue weighted by Gasteiger charge is 1.50. The van der Waals surface area contributed by atoms with Crippen LogP contribution in [0.15, 0.2) is 12.8 Å². The first-order valence-corrected chi connectivity index (χ1v) is 1.22. The molecule has 0 rings (SSSR count). The van der Waals surface area contributed by atoms with Crippen molar-refractivity contribution in [1.29, 1.82) is 0 Å². The van der Waals surface area contributed by atoms with E-state index < -0.39 is 0 Å². The summed E-state index contributed by atoms with van der Waals surface area (Å²) in [5.74, 6) is 0. The summed E-state index contributed by atoms with van der Waals surface area (Å²) in [4.78, 5) is 9.22. The Hall–Kier alpha value is -0.830. The predicted molar refractivity (Wildman–Crippen MR) is 24.4 cm³/mol. The molecule has 0 saturated heterocycles. The first-order chi connectivity index (χ1) is 2.41. The average molecular weight is 88.1 g/mol. The number of hydrogen-bond donors (Lipinski definition) is 2. The summed E-state index contributed by atoms with van der Waals surface area (Å²) < 4.78 is 0. The lowest BCUT2D eigenvalue weighted by atomic mass is 11.0. The molecule has 0 radical (unpaired) electrons. The van der Waals surface area contributed by atoms with Gasteiger partial charge in [-0.05, 0) is 6.20 Å². The molecule has 0 aromatic heterocycles. The van der Waals surface area contributed by atoms with Gasteiger partial charge in [-0.25, -0.2) is 0 Å². The SMILES string of the molecule is C=CNC=O.N. The van der Waals surface area contributed by atoms with Crippen LogP contribution in [0.4, 0.5) is 0 Å². The van der Waals surface area contributed by atoms with Gasteiger partial charge in [0.25, 0.3) is 0 Å². The van der Waals surface area contributed by atoms with Gasteiger partial charge < -0.3 is 11.5 Å². The molecule has 0 atom stereocenters. The Kier molecular flexibility index (Phi) is 13.3. The van der Waals surface area contributed by atoms with Crippen LogP contribution in [0.5, 0.6) is 0 Å². The fourth-order valence-corrected chi connectivity index (χ4v) is 0.0481. The minimum atomic E-state index is 0. The van der Waals surface area contributed by atoms with E-state index in [9.17, 15) is 4.79 Å². The van der Waals surface area contributed by atoms with Crippen molar-refractivity contribution >= 4 is 6.41 Å². The molecule has 4 N–H and O–H groups in total. The van der Waals surface area contributed by atoms with Crippen molar-refractivity contribution in [3.63, 3.8) is 0 Å². The summed E-state index contributed by atoms with van der Waals surface area (Å²) >= 11 is 0. The molecule has 0 bridgehead atoms. The molecule has 0 aliphatic heterocycles. The van der Waals surface area contributed by atoms with Crippen LogP contribution in [0.3, 0.4) is 0 Å². The monoisotopic (exact) mass is 88.1 g/mol. The standard InChI is InChI=1S/C3H5NO.H3N/c1-2-4-3-5;/h2-3H,1H2,(H,4,5);1H3. The summed E-state index contributed by atoms with van der Waals surface area (Å²) in [5.41, 5.74) is 0. The first-order valence-electron chi connectivity index (χ1n) is 1.22. The van der Waals surface area contributed by atoms with Crippen molar-refractivity contribution in [2.24, 2.45) is 0 Å². The van der Waals surface area contributed by atoms with Gasteiger partial charge in [0.15, 0.2) is 0 Å². The number of amides is 1. The topological polar surface area (TPSA) is 64.1 Å². The molecule has 0 heterocycles. The second-order valence-electron chi connectivity index (χ2n) is 0.489. The third-order valence-electron chi connectivity index (χ3n) is 0.186. The molecule has 0 aliphatic rings. The van der Waals surface area contributed by atoms with E-state index in [-0.39, 0.29) is 6.15 Å². The maximum atomic E-state index is 9.22. The molecule has 3 nitrogen and oxygen atoms in total. The minimum absolute atomic E-state index is 0. The Morgan fingerprint density at radius 2 is 2.17 bits per heavy atom. The second kappa shape index (κ2) is 8.90. The molecule has 0 fully saturated rings. The Morgan fingerprint density at radius 3 is 2.17 bits per heavy atom. The van der Waals surface area contributed by atoms with Gasteiger partial charge in [0.2, 0.25) is 6.41 Å². The van der Waals surface area contributed by atoms with Crippen molar-refractivity contribution < 1.29 is 4.79 Å². The van der Waals surface area contributed by atoms with E-state index in [1.54, 1.807) is 0 Å². The van der Waals surface area contributed by atoms with E-state index in [0.29, 0.717) is 6.41 Å². The van der Waals surface area contributed by atoms with Crippen LogP contribution in [0.25, 0.3) is 0 Å². The summed E-state index contributed by atoms with van der Waals surface area (Å²) in [5, 5.41) is 2.19. The third kappa shape index (κ3) is 10.9. The molecule has 0 aliphatic carbocycles.